The van der Waals surface area contributed by atoms with Crippen LogP contribution >= 0.6 is 0 Å². The molecule has 0 saturated heterocycles. The molecule has 4 rings (SSSR count). The molecule has 1 aromatic heterocycles. The van der Waals surface area contributed by atoms with Crippen molar-refractivity contribution in [2.24, 2.45) is 0 Å². The van der Waals surface area contributed by atoms with Crippen LogP contribution in [0.1, 0.15) is 39.5 Å². The average Bonchev–Trinajstić information content (AvgIpc) is 3.17. The van der Waals surface area contributed by atoms with Crippen molar-refractivity contribution in [3.05, 3.63) is 85.7 Å². The largest absolute Gasteiger partial charge is 0.477 e. The first-order chi connectivity index (χ1) is 15.5. The van der Waals surface area contributed by atoms with E-state index < -0.39 is 40.6 Å². The quantitative estimate of drug-likeness (QED) is 0.515. The molecule has 172 valence electrons. The SMILES string of the molecule is CNc1ccc(-n2cc(C(=O)O)c(=O)n([C@@H]3CCc4c3cccc4C(F)(F)F)c2=O)cc1N. The summed E-state index contributed by atoms with van der Waals surface area (Å²) in [5.74, 6) is -1.57. The summed E-state index contributed by atoms with van der Waals surface area (Å²) < 4.78 is 42.1. The summed E-state index contributed by atoms with van der Waals surface area (Å²) in [7, 11) is 1.65. The minimum Gasteiger partial charge on any atom is -0.477 e. The van der Waals surface area contributed by atoms with Crippen LogP contribution in [0, 0.1) is 0 Å². The zero-order chi connectivity index (χ0) is 24.1. The van der Waals surface area contributed by atoms with Gasteiger partial charge in [-0.1, -0.05) is 12.1 Å². The van der Waals surface area contributed by atoms with Crippen molar-refractivity contribution >= 4 is 17.3 Å². The topological polar surface area (TPSA) is 119 Å². The third kappa shape index (κ3) is 3.65. The molecule has 0 spiro atoms. The second-order valence-electron chi connectivity index (χ2n) is 7.62. The molecule has 0 bridgehead atoms. The summed E-state index contributed by atoms with van der Waals surface area (Å²) in [5, 5.41) is 12.4. The van der Waals surface area contributed by atoms with Crippen LogP contribution in [0.25, 0.3) is 5.69 Å². The van der Waals surface area contributed by atoms with Gasteiger partial charge in [-0.25, -0.2) is 9.59 Å². The van der Waals surface area contributed by atoms with Gasteiger partial charge in [-0.05, 0) is 48.2 Å². The summed E-state index contributed by atoms with van der Waals surface area (Å²) in [5.41, 5.74) is 3.69. The number of nitrogens with zero attached hydrogens (tertiary/aromatic N) is 2. The number of aromatic carboxylic acids is 1. The maximum atomic E-state index is 13.5. The van der Waals surface area contributed by atoms with Gasteiger partial charge in [0.1, 0.15) is 5.56 Å². The number of carboxylic acids is 1. The van der Waals surface area contributed by atoms with E-state index in [1.807, 2.05) is 0 Å². The van der Waals surface area contributed by atoms with E-state index in [9.17, 15) is 32.7 Å². The highest BCUT2D eigenvalue weighted by Crippen LogP contribution is 2.41. The number of nitrogens with two attached hydrogens (primary N) is 1. The molecule has 1 aliphatic rings. The van der Waals surface area contributed by atoms with E-state index in [2.05, 4.69) is 5.32 Å². The Labute approximate surface area is 184 Å². The van der Waals surface area contributed by atoms with E-state index in [-0.39, 0.29) is 35.3 Å². The van der Waals surface area contributed by atoms with Crippen LogP contribution in [0.15, 0.2) is 52.2 Å². The van der Waals surface area contributed by atoms with Crippen LogP contribution in [0.5, 0.6) is 0 Å². The van der Waals surface area contributed by atoms with Crippen molar-refractivity contribution in [3.8, 4) is 5.69 Å². The van der Waals surface area contributed by atoms with Gasteiger partial charge >= 0.3 is 17.8 Å². The molecule has 8 nitrogen and oxygen atoms in total. The van der Waals surface area contributed by atoms with E-state index in [0.717, 1.165) is 21.4 Å². The smallest absolute Gasteiger partial charge is 0.416 e. The molecule has 0 unspecified atom stereocenters. The van der Waals surface area contributed by atoms with Crippen LogP contribution in [-0.2, 0) is 12.6 Å². The Kier molecular flexibility index (Phi) is 5.27. The van der Waals surface area contributed by atoms with E-state index in [0.29, 0.717) is 5.69 Å². The average molecular weight is 460 g/mol. The number of rotatable bonds is 4. The van der Waals surface area contributed by atoms with Gasteiger partial charge in [0, 0.05) is 13.2 Å². The van der Waals surface area contributed by atoms with Gasteiger partial charge in [0.05, 0.1) is 28.7 Å². The molecule has 4 N–H and O–H groups in total. The fourth-order valence-corrected chi connectivity index (χ4v) is 4.27. The van der Waals surface area contributed by atoms with Gasteiger partial charge in [-0.15, -0.1) is 0 Å². The van der Waals surface area contributed by atoms with Gasteiger partial charge in [0.25, 0.3) is 5.56 Å². The molecule has 33 heavy (non-hydrogen) atoms. The van der Waals surface area contributed by atoms with E-state index in [1.54, 1.807) is 13.1 Å². The molecule has 0 aliphatic heterocycles. The van der Waals surface area contributed by atoms with Crippen LogP contribution in [-0.4, -0.2) is 27.3 Å². The van der Waals surface area contributed by atoms with Crippen LogP contribution in [0.3, 0.4) is 0 Å². The molecule has 1 aliphatic carbocycles. The Morgan fingerprint density at radius 3 is 2.55 bits per heavy atom. The molecule has 11 heteroatoms. The van der Waals surface area contributed by atoms with Crippen molar-refractivity contribution < 1.29 is 23.1 Å². The van der Waals surface area contributed by atoms with Gasteiger partial charge in [0.2, 0.25) is 0 Å². The number of carboxylic acid groups (broad SMARTS) is 1. The molecule has 0 fully saturated rings. The molecule has 1 heterocycles. The van der Waals surface area contributed by atoms with Crippen LogP contribution in [0.2, 0.25) is 0 Å². The number of benzene rings is 2. The van der Waals surface area contributed by atoms with Crippen molar-refractivity contribution in [1.82, 2.24) is 9.13 Å². The highest BCUT2D eigenvalue weighted by molar-refractivity contribution is 5.86. The molecule has 1 atom stereocenters. The first-order valence-electron chi connectivity index (χ1n) is 9.92. The number of fused-ring (bicyclic) bond motifs is 1. The van der Waals surface area contributed by atoms with Crippen molar-refractivity contribution in [2.45, 2.75) is 25.1 Å². The number of halogens is 3. The second-order valence-corrected chi connectivity index (χ2v) is 7.62. The van der Waals surface area contributed by atoms with Gasteiger partial charge in [-0.2, -0.15) is 13.2 Å². The Bertz CT molecular complexity index is 1390. The molecule has 0 saturated carbocycles. The van der Waals surface area contributed by atoms with Gasteiger partial charge < -0.3 is 16.2 Å². The zero-order valence-corrected chi connectivity index (χ0v) is 17.3. The maximum Gasteiger partial charge on any atom is 0.416 e. The number of aromatic nitrogens is 2. The molecule has 3 aromatic rings. The number of nitrogen functional groups attached to an aromatic ring is 1. The van der Waals surface area contributed by atoms with E-state index >= 15 is 0 Å². The molecule has 2 aromatic carbocycles. The summed E-state index contributed by atoms with van der Waals surface area (Å²) >= 11 is 0. The summed E-state index contributed by atoms with van der Waals surface area (Å²) in [6.07, 6.45) is -3.66. The minimum atomic E-state index is -4.60. The zero-order valence-electron chi connectivity index (χ0n) is 17.3. The Morgan fingerprint density at radius 1 is 1.21 bits per heavy atom. The van der Waals surface area contributed by atoms with Gasteiger partial charge in [0.15, 0.2) is 0 Å². The summed E-state index contributed by atoms with van der Waals surface area (Å²) in [6.45, 7) is 0. The van der Waals surface area contributed by atoms with Crippen LogP contribution < -0.4 is 22.3 Å². The summed E-state index contributed by atoms with van der Waals surface area (Å²) in [4.78, 5) is 38.1. The first-order valence-corrected chi connectivity index (χ1v) is 9.92. The monoisotopic (exact) mass is 460 g/mol. The normalized spacial score (nSPS) is 15.3. The summed E-state index contributed by atoms with van der Waals surface area (Å²) in [6, 6.07) is 7.05. The fraction of sp³-hybridized carbons (Fsp3) is 0.227. The number of alkyl halides is 3. The van der Waals surface area contributed by atoms with E-state index in [1.165, 1.54) is 24.3 Å². The minimum absolute atomic E-state index is 0.00352. The third-order valence-electron chi connectivity index (χ3n) is 5.79. The van der Waals surface area contributed by atoms with E-state index in [4.69, 9.17) is 5.73 Å². The van der Waals surface area contributed by atoms with Crippen LogP contribution in [0.4, 0.5) is 24.5 Å². The Hall–Kier alpha value is -4.02. The number of hydrogen-bond donors (Lipinski definition) is 3. The lowest BCUT2D eigenvalue weighted by Crippen LogP contribution is -2.43. The lowest BCUT2D eigenvalue weighted by molar-refractivity contribution is -0.138. The number of hydrogen-bond acceptors (Lipinski definition) is 5. The fourth-order valence-electron chi connectivity index (χ4n) is 4.27. The van der Waals surface area contributed by atoms with Crippen molar-refractivity contribution in [3.63, 3.8) is 0 Å². The second kappa shape index (κ2) is 7.84. The maximum absolute atomic E-state index is 13.5. The lowest BCUT2D eigenvalue weighted by atomic mass is 10.0. The molecule has 0 radical (unpaired) electrons. The predicted octanol–water partition coefficient (Wildman–Crippen LogP) is 2.88. The highest BCUT2D eigenvalue weighted by Gasteiger charge is 2.38. The lowest BCUT2D eigenvalue weighted by Gasteiger charge is -2.19. The third-order valence-corrected chi connectivity index (χ3v) is 5.79. The predicted molar refractivity (Wildman–Crippen MR) is 115 cm³/mol. The Balaban J connectivity index is 1.97. The van der Waals surface area contributed by atoms with Crippen molar-refractivity contribution in [1.29, 1.82) is 0 Å². The molecular formula is C22H19F3N4O4. The van der Waals surface area contributed by atoms with Crippen molar-refractivity contribution in [2.75, 3.05) is 18.1 Å². The number of nitrogens with one attached hydrogen (secondary N) is 1. The first kappa shape index (κ1) is 22.2. The highest BCUT2D eigenvalue weighted by atomic mass is 19.4. The van der Waals surface area contributed by atoms with Gasteiger partial charge in [-0.3, -0.25) is 13.9 Å². The number of anilines is 2. The molecular weight excluding hydrogens is 441 g/mol. The molecule has 0 amide bonds. The Morgan fingerprint density at radius 2 is 1.94 bits per heavy atom. The standard InChI is InChI=1S/C22H19F3N4O4/c1-27-17-7-5-11(9-16(17)26)28-10-14(20(31)32)19(30)29(21(28)33)18-8-6-12-13(18)3-2-4-15(12)22(23,24)25/h2-5,7,9-10,18,27H,6,8,26H2,1H3,(H,31,32)/t18-/m1/s1. The number of carbonyl (C=O) groups is 1.